The lowest BCUT2D eigenvalue weighted by molar-refractivity contribution is 0.0438. The number of hydrogen-bond acceptors (Lipinski definition) is 3. The van der Waals surface area contributed by atoms with Gasteiger partial charge in [-0.1, -0.05) is 28.1 Å². The fourth-order valence-electron chi connectivity index (χ4n) is 2.22. The Morgan fingerprint density at radius 3 is 2.79 bits per heavy atom. The predicted octanol–water partition coefficient (Wildman–Crippen LogP) is 2.93. The van der Waals surface area contributed by atoms with Crippen LogP contribution in [0.5, 0.6) is 0 Å². The molecule has 1 aliphatic rings. The fourth-order valence-corrected chi connectivity index (χ4v) is 2.77. The second-order valence-corrected chi connectivity index (χ2v) is 6.56. The highest BCUT2D eigenvalue weighted by Gasteiger charge is 2.34. The third-order valence-electron chi connectivity index (χ3n) is 2.96. The minimum absolute atomic E-state index is 0.414. The Balaban J connectivity index is 2.15. The van der Waals surface area contributed by atoms with Crippen molar-refractivity contribution in [3.05, 3.63) is 33.8 Å². The van der Waals surface area contributed by atoms with Crippen molar-refractivity contribution in [3.8, 4) is 0 Å². The van der Waals surface area contributed by atoms with Gasteiger partial charge >= 0.3 is 6.09 Å². The predicted molar refractivity (Wildman–Crippen MR) is 76.0 cm³/mol. The summed E-state index contributed by atoms with van der Waals surface area (Å²) in [5.74, 6) is 0. The first-order valence-corrected chi connectivity index (χ1v) is 7.02. The molecule has 0 aliphatic heterocycles. The maximum Gasteiger partial charge on any atom is 0.408 e. The number of aliphatic hydroxyl groups is 1. The van der Waals surface area contributed by atoms with E-state index in [1.54, 1.807) is 0 Å². The van der Waals surface area contributed by atoms with Crippen LogP contribution in [0.1, 0.15) is 37.9 Å². The van der Waals surface area contributed by atoms with Crippen LogP contribution in [0, 0.1) is 0 Å². The first-order valence-electron chi connectivity index (χ1n) is 6.23. The van der Waals surface area contributed by atoms with Gasteiger partial charge < -0.3 is 15.2 Å². The van der Waals surface area contributed by atoms with E-state index < -0.39 is 23.8 Å². The van der Waals surface area contributed by atoms with Gasteiger partial charge in [0.05, 0.1) is 12.1 Å². The Kier molecular flexibility index (Phi) is 3.87. The standard InChI is InChI=1S/C14H18BrNO3/c1-14(2,3)19-13(18)16-12-8-5-4-6-10(15)9(8)7-11(12)17/h4-6,11-12,17H,7H2,1-3H3,(H,16,18)/t11-,12-/m1/s1. The van der Waals surface area contributed by atoms with Crippen molar-refractivity contribution in [2.45, 2.75) is 44.9 Å². The molecule has 1 aliphatic carbocycles. The van der Waals surface area contributed by atoms with Crippen molar-refractivity contribution >= 4 is 22.0 Å². The van der Waals surface area contributed by atoms with Crippen molar-refractivity contribution in [1.29, 1.82) is 0 Å². The zero-order chi connectivity index (χ0) is 14.2. The number of ether oxygens (including phenoxy) is 1. The molecule has 0 saturated carbocycles. The Labute approximate surface area is 121 Å². The molecule has 1 aromatic rings. The Morgan fingerprint density at radius 2 is 2.16 bits per heavy atom. The third-order valence-corrected chi connectivity index (χ3v) is 3.70. The van der Waals surface area contributed by atoms with Crippen LogP contribution in [0.25, 0.3) is 0 Å². The van der Waals surface area contributed by atoms with E-state index in [9.17, 15) is 9.90 Å². The maximum absolute atomic E-state index is 11.8. The largest absolute Gasteiger partial charge is 0.444 e. The smallest absolute Gasteiger partial charge is 0.408 e. The molecule has 0 heterocycles. The molecule has 0 saturated heterocycles. The molecule has 19 heavy (non-hydrogen) atoms. The Morgan fingerprint density at radius 1 is 1.47 bits per heavy atom. The lowest BCUT2D eigenvalue weighted by Crippen LogP contribution is -2.38. The van der Waals surface area contributed by atoms with Gasteiger partial charge in [0, 0.05) is 10.9 Å². The number of alkyl carbamates (subject to hydrolysis) is 1. The Hall–Kier alpha value is -1.07. The van der Waals surface area contributed by atoms with Gasteiger partial charge in [-0.05, 0) is 38.0 Å². The summed E-state index contributed by atoms with van der Waals surface area (Å²) in [7, 11) is 0. The number of carbonyl (C=O) groups is 1. The van der Waals surface area contributed by atoms with Crippen molar-refractivity contribution in [3.63, 3.8) is 0 Å². The zero-order valence-electron chi connectivity index (χ0n) is 11.2. The highest BCUT2D eigenvalue weighted by molar-refractivity contribution is 9.10. The molecule has 0 unspecified atom stereocenters. The van der Waals surface area contributed by atoms with Gasteiger partial charge in [0.1, 0.15) is 5.60 Å². The molecule has 2 N–H and O–H groups in total. The van der Waals surface area contributed by atoms with E-state index in [1.807, 2.05) is 39.0 Å². The van der Waals surface area contributed by atoms with Crippen molar-refractivity contribution in [2.24, 2.45) is 0 Å². The minimum Gasteiger partial charge on any atom is -0.444 e. The topological polar surface area (TPSA) is 58.6 Å². The molecule has 0 fully saturated rings. The average Bonchev–Trinajstić information content (AvgIpc) is 2.55. The molecular formula is C14H18BrNO3. The second kappa shape index (κ2) is 5.13. The summed E-state index contributed by atoms with van der Waals surface area (Å²) in [5, 5.41) is 12.8. The zero-order valence-corrected chi connectivity index (χ0v) is 12.8. The van der Waals surface area contributed by atoms with Crippen LogP contribution >= 0.6 is 15.9 Å². The van der Waals surface area contributed by atoms with Crippen LogP contribution in [-0.2, 0) is 11.2 Å². The molecular weight excluding hydrogens is 310 g/mol. The first kappa shape index (κ1) is 14.3. The number of amides is 1. The molecule has 0 aromatic heterocycles. The summed E-state index contributed by atoms with van der Waals surface area (Å²) < 4.78 is 6.18. The van der Waals surface area contributed by atoms with E-state index in [2.05, 4.69) is 21.2 Å². The monoisotopic (exact) mass is 327 g/mol. The van der Waals surface area contributed by atoms with Crippen LogP contribution in [0.4, 0.5) is 4.79 Å². The van der Waals surface area contributed by atoms with Gasteiger partial charge in [0.25, 0.3) is 0 Å². The molecule has 104 valence electrons. The van der Waals surface area contributed by atoms with E-state index in [4.69, 9.17) is 4.74 Å². The van der Waals surface area contributed by atoms with Crippen molar-refractivity contribution < 1.29 is 14.6 Å². The number of aliphatic hydroxyl groups excluding tert-OH is 1. The number of hydrogen-bond donors (Lipinski definition) is 2. The van der Waals surface area contributed by atoms with Crippen molar-refractivity contribution in [2.75, 3.05) is 0 Å². The van der Waals surface area contributed by atoms with Gasteiger partial charge in [0.2, 0.25) is 0 Å². The van der Waals surface area contributed by atoms with Gasteiger partial charge in [-0.25, -0.2) is 4.79 Å². The molecule has 0 spiro atoms. The lowest BCUT2D eigenvalue weighted by atomic mass is 10.1. The van der Waals surface area contributed by atoms with E-state index in [0.29, 0.717) is 6.42 Å². The van der Waals surface area contributed by atoms with Gasteiger partial charge in [-0.15, -0.1) is 0 Å². The van der Waals surface area contributed by atoms with E-state index >= 15 is 0 Å². The summed E-state index contributed by atoms with van der Waals surface area (Å²) in [4.78, 5) is 11.8. The van der Waals surface area contributed by atoms with E-state index in [0.717, 1.165) is 15.6 Å². The number of halogens is 1. The van der Waals surface area contributed by atoms with Crippen LogP contribution in [0.2, 0.25) is 0 Å². The quantitative estimate of drug-likeness (QED) is 0.833. The van der Waals surface area contributed by atoms with E-state index in [1.165, 1.54) is 0 Å². The van der Waals surface area contributed by atoms with Crippen LogP contribution in [0.15, 0.2) is 22.7 Å². The summed E-state index contributed by atoms with van der Waals surface area (Å²) >= 11 is 3.46. The number of benzene rings is 1. The summed E-state index contributed by atoms with van der Waals surface area (Å²) in [6.07, 6.45) is -0.609. The van der Waals surface area contributed by atoms with Gasteiger partial charge in [0.15, 0.2) is 0 Å². The molecule has 2 rings (SSSR count). The highest BCUT2D eigenvalue weighted by atomic mass is 79.9. The summed E-state index contributed by atoms with van der Waals surface area (Å²) in [6, 6.07) is 5.33. The highest BCUT2D eigenvalue weighted by Crippen LogP contribution is 2.36. The van der Waals surface area contributed by atoms with Crippen LogP contribution in [-0.4, -0.2) is 22.9 Å². The minimum atomic E-state index is -0.624. The summed E-state index contributed by atoms with van der Waals surface area (Å²) in [6.45, 7) is 5.42. The number of nitrogens with one attached hydrogen (secondary N) is 1. The molecule has 4 nitrogen and oxygen atoms in total. The average molecular weight is 328 g/mol. The number of rotatable bonds is 1. The first-order chi connectivity index (χ1) is 8.78. The molecule has 2 atom stereocenters. The Bertz CT molecular complexity index is 496. The molecule has 0 bridgehead atoms. The second-order valence-electron chi connectivity index (χ2n) is 5.70. The summed E-state index contributed by atoms with van der Waals surface area (Å²) in [5.41, 5.74) is 1.43. The maximum atomic E-state index is 11.8. The normalized spacial score (nSPS) is 21.9. The third kappa shape index (κ3) is 3.28. The SMILES string of the molecule is CC(C)(C)OC(=O)N[C@@H]1c2cccc(Br)c2C[C@H]1O. The van der Waals surface area contributed by atoms with Gasteiger partial charge in [-0.3, -0.25) is 0 Å². The molecule has 1 aromatic carbocycles. The molecule has 0 radical (unpaired) electrons. The van der Waals surface area contributed by atoms with Crippen LogP contribution in [0.3, 0.4) is 0 Å². The van der Waals surface area contributed by atoms with E-state index in [-0.39, 0.29) is 0 Å². The lowest BCUT2D eigenvalue weighted by Gasteiger charge is -2.23. The number of fused-ring (bicyclic) bond motifs is 1. The molecule has 5 heteroatoms. The van der Waals surface area contributed by atoms with Crippen LogP contribution < -0.4 is 5.32 Å². The molecule has 1 amide bonds. The number of carbonyl (C=O) groups excluding carboxylic acids is 1. The fraction of sp³-hybridized carbons (Fsp3) is 0.500. The van der Waals surface area contributed by atoms with Crippen molar-refractivity contribution in [1.82, 2.24) is 5.32 Å². The van der Waals surface area contributed by atoms with Gasteiger partial charge in [-0.2, -0.15) is 0 Å².